The van der Waals surface area contributed by atoms with Crippen molar-refractivity contribution < 1.29 is 9.84 Å². The van der Waals surface area contributed by atoms with Crippen molar-refractivity contribution in [3.05, 3.63) is 0 Å². The molecule has 0 radical (unpaired) electrons. The first-order valence-electron chi connectivity index (χ1n) is 5.07. The Bertz CT molecular complexity index is 231. The van der Waals surface area contributed by atoms with Crippen LogP contribution in [-0.4, -0.2) is 24.4 Å². The Kier molecular flexibility index (Phi) is 3.18. The maximum Gasteiger partial charge on any atom is 0.109 e. The monoisotopic (exact) mass is 197 g/mol. The first kappa shape index (κ1) is 11.5. The molecule has 1 N–H and O–H groups in total. The number of aliphatic hydroxyl groups excluding tert-OH is 1. The molecule has 0 aromatic carbocycles. The van der Waals surface area contributed by atoms with Crippen LogP contribution < -0.4 is 0 Å². The van der Waals surface area contributed by atoms with Gasteiger partial charge in [0.15, 0.2) is 0 Å². The summed E-state index contributed by atoms with van der Waals surface area (Å²) in [4.78, 5) is 0. The van der Waals surface area contributed by atoms with Crippen LogP contribution in [0.4, 0.5) is 0 Å². The van der Waals surface area contributed by atoms with Crippen LogP contribution in [-0.2, 0) is 4.74 Å². The summed E-state index contributed by atoms with van der Waals surface area (Å²) in [6.07, 6.45) is 0.722. The van der Waals surface area contributed by atoms with Crippen LogP contribution in [0.1, 0.15) is 33.6 Å². The summed E-state index contributed by atoms with van der Waals surface area (Å²) in [6.45, 7) is 7.17. The number of nitrogens with zero attached hydrogens (tertiary/aromatic N) is 1. The van der Waals surface area contributed by atoms with Crippen LogP contribution in [0, 0.1) is 22.2 Å². The van der Waals surface area contributed by atoms with Crippen molar-refractivity contribution >= 4 is 0 Å². The fraction of sp³-hybridized carbons (Fsp3) is 0.909. The highest BCUT2D eigenvalue weighted by Crippen LogP contribution is 2.37. The number of hydrogen-bond donors (Lipinski definition) is 1. The highest BCUT2D eigenvalue weighted by Gasteiger charge is 2.43. The van der Waals surface area contributed by atoms with Gasteiger partial charge in [-0.15, -0.1) is 0 Å². The molecule has 1 saturated heterocycles. The van der Waals surface area contributed by atoms with Crippen LogP contribution >= 0.6 is 0 Å². The first-order valence-corrected chi connectivity index (χ1v) is 5.07. The van der Waals surface area contributed by atoms with Crippen LogP contribution in [0.5, 0.6) is 0 Å². The van der Waals surface area contributed by atoms with E-state index in [0.717, 1.165) is 0 Å². The SMILES string of the molecule is CC(C)(C)CC(O)C1(C#N)CCOC1. The smallest absolute Gasteiger partial charge is 0.109 e. The zero-order valence-corrected chi connectivity index (χ0v) is 9.21. The predicted octanol–water partition coefficient (Wildman–Crippen LogP) is 1.71. The second-order valence-electron chi connectivity index (χ2n) is 5.35. The number of rotatable bonds is 2. The highest BCUT2D eigenvalue weighted by molar-refractivity contribution is 5.06. The normalized spacial score (nSPS) is 29.9. The van der Waals surface area contributed by atoms with Gasteiger partial charge in [0.2, 0.25) is 0 Å². The van der Waals surface area contributed by atoms with Gasteiger partial charge in [0.25, 0.3) is 0 Å². The van der Waals surface area contributed by atoms with Crippen molar-refractivity contribution in [1.29, 1.82) is 5.26 Å². The van der Waals surface area contributed by atoms with Gasteiger partial charge in [-0.1, -0.05) is 20.8 Å². The quantitative estimate of drug-likeness (QED) is 0.733. The van der Waals surface area contributed by atoms with E-state index in [4.69, 9.17) is 10.00 Å². The zero-order chi connectivity index (χ0) is 10.8. The molecule has 3 heteroatoms. The van der Waals surface area contributed by atoms with Gasteiger partial charge >= 0.3 is 0 Å². The molecule has 0 aromatic rings. The van der Waals surface area contributed by atoms with Gasteiger partial charge in [-0.2, -0.15) is 5.26 Å². The lowest BCUT2D eigenvalue weighted by molar-refractivity contribution is 0.0219. The van der Waals surface area contributed by atoms with E-state index >= 15 is 0 Å². The average molecular weight is 197 g/mol. The number of aliphatic hydroxyl groups is 1. The molecule has 0 spiro atoms. The number of hydrogen-bond acceptors (Lipinski definition) is 3. The Morgan fingerprint density at radius 3 is 2.57 bits per heavy atom. The third-order valence-electron chi connectivity index (χ3n) is 2.72. The Balaban J connectivity index is 2.67. The summed E-state index contributed by atoms with van der Waals surface area (Å²) in [7, 11) is 0. The van der Waals surface area contributed by atoms with Crippen LogP contribution in [0.25, 0.3) is 0 Å². The van der Waals surface area contributed by atoms with Crippen molar-refractivity contribution in [3.8, 4) is 6.07 Å². The van der Waals surface area contributed by atoms with E-state index in [9.17, 15) is 5.11 Å². The van der Waals surface area contributed by atoms with E-state index in [1.54, 1.807) is 0 Å². The second-order valence-corrected chi connectivity index (χ2v) is 5.35. The molecular weight excluding hydrogens is 178 g/mol. The molecule has 2 unspecified atom stereocenters. The van der Waals surface area contributed by atoms with Gasteiger partial charge in [0.1, 0.15) is 5.41 Å². The molecule has 2 atom stereocenters. The van der Waals surface area contributed by atoms with Crippen molar-refractivity contribution in [2.24, 2.45) is 10.8 Å². The van der Waals surface area contributed by atoms with Gasteiger partial charge in [-0.3, -0.25) is 0 Å². The maximum atomic E-state index is 10.0. The standard InChI is InChI=1S/C11H19NO2/c1-10(2,3)6-9(13)11(7-12)4-5-14-8-11/h9,13H,4-6,8H2,1-3H3. The number of ether oxygens (including phenoxy) is 1. The Morgan fingerprint density at radius 2 is 2.21 bits per heavy atom. The Labute approximate surface area is 85.7 Å². The second kappa shape index (κ2) is 3.88. The van der Waals surface area contributed by atoms with Gasteiger partial charge in [-0.05, 0) is 18.3 Å². The van der Waals surface area contributed by atoms with Gasteiger partial charge in [0, 0.05) is 6.61 Å². The van der Waals surface area contributed by atoms with E-state index in [1.807, 2.05) is 0 Å². The zero-order valence-electron chi connectivity index (χ0n) is 9.21. The summed E-state index contributed by atoms with van der Waals surface area (Å²) in [5, 5.41) is 19.1. The molecular formula is C11H19NO2. The van der Waals surface area contributed by atoms with E-state index in [1.165, 1.54) is 0 Å². The molecule has 1 heterocycles. The lowest BCUT2D eigenvalue weighted by atomic mass is 9.75. The van der Waals surface area contributed by atoms with E-state index in [-0.39, 0.29) is 5.41 Å². The molecule has 3 nitrogen and oxygen atoms in total. The first-order chi connectivity index (χ1) is 6.40. The van der Waals surface area contributed by atoms with E-state index in [2.05, 4.69) is 26.8 Å². The fourth-order valence-corrected chi connectivity index (χ4v) is 1.78. The molecule has 1 rings (SSSR count). The molecule has 14 heavy (non-hydrogen) atoms. The van der Waals surface area contributed by atoms with Gasteiger partial charge < -0.3 is 9.84 Å². The fourth-order valence-electron chi connectivity index (χ4n) is 1.78. The minimum Gasteiger partial charge on any atom is -0.391 e. The van der Waals surface area contributed by atoms with Crippen LogP contribution in [0.3, 0.4) is 0 Å². The molecule has 1 aliphatic rings. The van der Waals surface area contributed by atoms with Gasteiger partial charge in [0.05, 0.1) is 18.8 Å². The van der Waals surface area contributed by atoms with Crippen molar-refractivity contribution in [2.45, 2.75) is 39.7 Å². The van der Waals surface area contributed by atoms with E-state index < -0.39 is 11.5 Å². The summed E-state index contributed by atoms with van der Waals surface area (Å²) in [5.41, 5.74) is -0.612. The van der Waals surface area contributed by atoms with Crippen molar-refractivity contribution in [2.75, 3.05) is 13.2 Å². The van der Waals surface area contributed by atoms with Crippen molar-refractivity contribution in [3.63, 3.8) is 0 Å². The van der Waals surface area contributed by atoms with Gasteiger partial charge in [-0.25, -0.2) is 0 Å². The lowest BCUT2D eigenvalue weighted by Gasteiger charge is -2.30. The summed E-state index contributed by atoms with van der Waals surface area (Å²) in [6, 6.07) is 2.22. The predicted molar refractivity (Wildman–Crippen MR) is 53.6 cm³/mol. The van der Waals surface area contributed by atoms with Crippen LogP contribution in [0.15, 0.2) is 0 Å². The maximum absolute atomic E-state index is 10.0. The summed E-state index contributed by atoms with van der Waals surface area (Å²) >= 11 is 0. The minimum atomic E-state index is -0.659. The highest BCUT2D eigenvalue weighted by atomic mass is 16.5. The third kappa shape index (κ3) is 2.46. The third-order valence-corrected chi connectivity index (χ3v) is 2.72. The molecule has 0 bridgehead atoms. The summed E-state index contributed by atoms with van der Waals surface area (Å²) < 4.78 is 5.20. The van der Waals surface area contributed by atoms with Crippen molar-refractivity contribution in [1.82, 2.24) is 0 Å². The summed E-state index contributed by atoms with van der Waals surface area (Å²) in [5.74, 6) is 0. The largest absolute Gasteiger partial charge is 0.391 e. The molecule has 0 aromatic heterocycles. The Morgan fingerprint density at radius 1 is 1.57 bits per heavy atom. The molecule has 0 aliphatic carbocycles. The molecule has 0 saturated carbocycles. The Hall–Kier alpha value is -0.590. The van der Waals surface area contributed by atoms with E-state index in [0.29, 0.717) is 26.1 Å². The number of nitriles is 1. The lowest BCUT2D eigenvalue weighted by Crippen LogP contribution is -2.37. The minimum absolute atomic E-state index is 0.0475. The molecule has 0 amide bonds. The van der Waals surface area contributed by atoms with Crippen LogP contribution in [0.2, 0.25) is 0 Å². The average Bonchev–Trinajstić information content (AvgIpc) is 2.49. The molecule has 1 aliphatic heterocycles. The topological polar surface area (TPSA) is 53.2 Å². The molecule has 80 valence electrons. The molecule has 1 fully saturated rings.